The number of anilines is 2. The van der Waals surface area contributed by atoms with Gasteiger partial charge in [0.15, 0.2) is 0 Å². The Morgan fingerprint density at radius 2 is 2.09 bits per heavy atom. The molecule has 2 N–H and O–H groups in total. The number of nitrogens with two attached hydrogens (primary N) is 1. The number of rotatable bonds is 3. The van der Waals surface area contributed by atoms with E-state index in [9.17, 15) is 0 Å². The number of nitrogens with zero attached hydrogens (tertiary/aromatic N) is 1. The summed E-state index contributed by atoms with van der Waals surface area (Å²) in [6.07, 6.45) is 4.42. The molecule has 4 rings (SSSR count). The van der Waals surface area contributed by atoms with Gasteiger partial charge in [0.25, 0.3) is 0 Å². The topological polar surface area (TPSA) is 38.5 Å². The summed E-state index contributed by atoms with van der Waals surface area (Å²) in [6, 6.07) is 12.9. The van der Waals surface area contributed by atoms with Crippen LogP contribution in [0.25, 0.3) is 0 Å². The van der Waals surface area contributed by atoms with Crippen LogP contribution in [0.1, 0.15) is 23.1 Å². The Hall–Kier alpha value is -2.16. The molecular formula is C19H22N2O. The molecule has 0 radical (unpaired) electrons. The highest BCUT2D eigenvalue weighted by atomic mass is 16.5. The van der Waals surface area contributed by atoms with Crippen molar-refractivity contribution in [2.24, 2.45) is 0 Å². The third-order valence-corrected chi connectivity index (χ3v) is 4.81. The first-order chi connectivity index (χ1) is 10.8. The average Bonchev–Trinajstić information content (AvgIpc) is 3.01. The second-order valence-corrected chi connectivity index (χ2v) is 6.23. The van der Waals surface area contributed by atoms with Gasteiger partial charge in [-0.25, -0.2) is 0 Å². The SMILES string of the molecule is Nc1cccc2c1CCCN2CCc1ccc2c(c1)CCO2. The van der Waals surface area contributed by atoms with Gasteiger partial charge in [-0.1, -0.05) is 18.2 Å². The quantitative estimate of drug-likeness (QED) is 0.884. The van der Waals surface area contributed by atoms with Crippen molar-refractivity contribution >= 4 is 11.4 Å². The summed E-state index contributed by atoms with van der Waals surface area (Å²) in [4.78, 5) is 2.49. The summed E-state index contributed by atoms with van der Waals surface area (Å²) in [6.45, 7) is 3.01. The van der Waals surface area contributed by atoms with Crippen LogP contribution in [0, 0.1) is 0 Å². The van der Waals surface area contributed by atoms with Crippen LogP contribution in [-0.2, 0) is 19.3 Å². The first-order valence-electron chi connectivity index (χ1n) is 8.18. The Bertz CT molecular complexity index is 696. The van der Waals surface area contributed by atoms with E-state index >= 15 is 0 Å². The number of hydrogen-bond acceptors (Lipinski definition) is 3. The fourth-order valence-corrected chi connectivity index (χ4v) is 3.62. The average molecular weight is 294 g/mol. The lowest BCUT2D eigenvalue weighted by atomic mass is 9.99. The monoisotopic (exact) mass is 294 g/mol. The van der Waals surface area contributed by atoms with Crippen LogP contribution in [0.5, 0.6) is 5.75 Å². The van der Waals surface area contributed by atoms with Crippen molar-refractivity contribution in [3.63, 3.8) is 0 Å². The molecule has 0 fully saturated rings. The minimum atomic E-state index is 0.831. The maximum atomic E-state index is 6.13. The van der Waals surface area contributed by atoms with E-state index in [-0.39, 0.29) is 0 Å². The van der Waals surface area contributed by atoms with Gasteiger partial charge in [-0.2, -0.15) is 0 Å². The van der Waals surface area contributed by atoms with Crippen LogP contribution in [0.4, 0.5) is 11.4 Å². The molecule has 0 atom stereocenters. The van der Waals surface area contributed by atoms with Crippen molar-refractivity contribution in [2.45, 2.75) is 25.7 Å². The Labute approximate surface area is 131 Å². The van der Waals surface area contributed by atoms with Crippen LogP contribution in [-0.4, -0.2) is 19.7 Å². The van der Waals surface area contributed by atoms with Crippen molar-refractivity contribution < 1.29 is 4.74 Å². The number of fused-ring (bicyclic) bond motifs is 2. The molecule has 2 aromatic carbocycles. The highest BCUT2D eigenvalue weighted by Crippen LogP contribution is 2.31. The van der Waals surface area contributed by atoms with Crippen molar-refractivity contribution in [2.75, 3.05) is 30.3 Å². The molecule has 2 heterocycles. The first kappa shape index (κ1) is 13.5. The van der Waals surface area contributed by atoms with Gasteiger partial charge in [0, 0.05) is 30.9 Å². The smallest absolute Gasteiger partial charge is 0.122 e. The highest BCUT2D eigenvalue weighted by Gasteiger charge is 2.18. The number of benzene rings is 2. The molecular weight excluding hydrogens is 272 g/mol. The van der Waals surface area contributed by atoms with Gasteiger partial charge in [-0.3, -0.25) is 0 Å². The third kappa shape index (κ3) is 2.41. The Kier molecular flexibility index (Phi) is 3.41. The van der Waals surface area contributed by atoms with Crippen LogP contribution in [0.2, 0.25) is 0 Å². The molecule has 0 aliphatic carbocycles. The first-order valence-corrected chi connectivity index (χ1v) is 8.18. The Balaban J connectivity index is 1.50. The van der Waals surface area contributed by atoms with Gasteiger partial charge < -0.3 is 15.4 Å². The van der Waals surface area contributed by atoms with Crippen LogP contribution < -0.4 is 15.4 Å². The predicted molar refractivity (Wildman–Crippen MR) is 90.7 cm³/mol. The molecule has 3 heteroatoms. The number of ether oxygens (including phenoxy) is 1. The highest BCUT2D eigenvalue weighted by molar-refractivity contribution is 5.66. The maximum absolute atomic E-state index is 6.13. The van der Waals surface area contributed by atoms with E-state index in [2.05, 4.69) is 35.2 Å². The molecule has 0 unspecified atom stereocenters. The summed E-state index contributed by atoms with van der Waals surface area (Å²) >= 11 is 0. The molecule has 0 aromatic heterocycles. The van der Waals surface area contributed by atoms with Crippen LogP contribution in [0.15, 0.2) is 36.4 Å². The van der Waals surface area contributed by atoms with E-state index in [0.29, 0.717) is 0 Å². The second kappa shape index (κ2) is 5.56. The van der Waals surface area contributed by atoms with Crippen molar-refractivity contribution in [1.29, 1.82) is 0 Å². The molecule has 2 aliphatic heterocycles. The van der Waals surface area contributed by atoms with Gasteiger partial charge in [-0.05, 0) is 54.2 Å². The van der Waals surface area contributed by atoms with Gasteiger partial charge >= 0.3 is 0 Å². The second-order valence-electron chi connectivity index (χ2n) is 6.23. The zero-order valence-electron chi connectivity index (χ0n) is 12.8. The Morgan fingerprint density at radius 1 is 1.14 bits per heavy atom. The zero-order valence-corrected chi connectivity index (χ0v) is 12.8. The van der Waals surface area contributed by atoms with Gasteiger partial charge in [0.1, 0.15) is 5.75 Å². The number of nitrogen functional groups attached to an aromatic ring is 1. The van der Waals surface area contributed by atoms with Gasteiger partial charge in [-0.15, -0.1) is 0 Å². The predicted octanol–water partition coefficient (Wildman–Crippen LogP) is 3.20. The normalized spacial score (nSPS) is 16.1. The fraction of sp³-hybridized carbons (Fsp3) is 0.368. The summed E-state index contributed by atoms with van der Waals surface area (Å²) in [7, 11) is 0. The third-order valence-electron chi connectivity index (χ3n) is 4.81. The summed E-state index contributed by atoms with van der Waals surface area (Å²) in [5.41, 5.74) is 12.5. The summed E-state index contributed by atoms with van der Waals surface area (Å²) in [5, 5.41) is 0. The van der Waals surface area contributed by atoms with Gasteiger partial charge in [0.2, 0.25) is 0 Å². The molecule has 2 aromatic rings. The van der Waals surface area contributed by atoms with E-state index in [1.807, 2.05) is 6.07 Å². The lowest BCUT2D eigenvalue weighted by molar-refractivity contribution is 0.357. The van der Waals surface area contributed by atoms with E-state index in [0.717, 1.165) is 50.4 Å². The van der Waals surface area contributed by atoms with E-state index in [4.69, 9.17) is 10.5 Å². The molecule has 22 heavy (non-hydrogen) atoms. The van der Waals surface area contributed by atoms with Crippen molar-refractivity contribution in [1.82, 2.24) is 0 Å². The largest absolute Gasteiger partial charge is 0.493 e. The minimum Gasteiger partial charge on any atom is -0.493 e. The molecule has 114 valence electrons. The molecule has 0 spiro atoms. The molecule has 0 saturated heterocycles. The molecule has 0 saturated carbocycles. The molecule has 0 bridgehead atoms. The minimum absolute atomic E-state index is 0.831. The Morgan fingerprint density at radius 3 is 3.05 bits per heavy atom. The van der Waals surface area contributed by atoms with Crippen LogP contribution in [0.3, 0.4) is 0 Å². The number of hydrogen-bond donors (Lipinski definition) is 1. The van der Waals surface area contributed by atoms with Crippen LogP contribution >= 0.6 is 0 Å². The fourth-order valence-electron chi connectivity index (χ4n) is 3.62. The van der Waals surface area contributed by atoms with Crippen molar-refractivity contribution in [3.8, 4) is 5.75 Å². The molecule has 3 nitrogen and oxygen atoms in total. The lowest BCUT2D eigenvalue weighted by Crippen LogP contribution is -2.31. The lowest BCUT2D eigenvalue weighted by Gasteiger charge is -2.32. The molecule has 0 amide bonds. The van der Waals surface area contributed by atoms with E-state index in [1.54, 1.807) is 0 Å². The van der Waals surface area contributed by atoms with Gasteiger partial charge in [0.05, 0.1) is 6.61 Å². The zero-order chi connectivity index (χ0) is 14.9. The maximum Gasteiger partial charge on any atom is 0.122 e. The molecule has 2 aliphatic rings. The standard InChI is InChI=1S/C19H22N2O/c20-17-4-1-5-18-16(17)3-2-10-21(18)11-8-14-6-7-19-15(13-14)9-12-22-19/h1,4-7,13H,2-3,8-12,20H2. The van der Waals surface area contributed by atoms with Crippen molar-refractivity contribution in [3.05, 3.63) is 53.1 Å². The van der Waals surface area contributed by atoms with E-state index < -0.39 is 0 Å². The summed E-state index contributed by atoms with van der Waals surface area (Å²) in [5.74, 6) is 1.07. The summed E-state index contributed by atoms with van der Waals surface area (Å²) < 4.78 is 5.58. The van der Waals surface area contributed by atoms with E-state index in [1.165, 1.54) is 28.8 Å².